The molecular weight excluding hydrogens is 222 g/mol. The zero-order valence-corrected chi connectivity index (χ0v) is 10.3. The lowest BCUT2D eigenvalue weighted by Crippen LogP contribution is -2.36. The summed E-state index contributed by atoms with van der Waals surface area (Å²) in [4.78, 5) is 14.8. The van der Waals surface area contributed by atoms with Gasteiger partial charge in [0.2, 0.25) is 0 Å². The molecule has 0 aromatic carbocycles. The van der Waals surface area contributed by atoms with Crippen LogP contribution in [0.25, 0.3) is 0 Å². The van der Waals surface area contributed by atoms with Gasteiger partial charge in [-0.2, -0.15) is 0 Å². The van der Waals surface area contributed by atoms with Gasteiger partial charge in [0.05, 0.1) is 0 Å². The van der Waals surface area contributed by atoms with Crippen LogP contribution in [0.15, 0.2) is 12.1 Å². The zero-order valence-electron chi connectivity index (χ0n) is 9.48. The topological polar surface area (TPSA) is 40.5 Å². The van der Waals surface area contributed by atoms with Crippen LogP contribution in [0.2, 0.25) is 0 Å². The van der Waals surface area contributed by atoms with Gasteiger partial charge in [-0.05, 0) is 38.4 Å². The van der Waals surface area contributed by atoms with Gasteiger partial charge in [-0.25, -0.2) is 4.79 Å². The summed E-state index contributed by atoms with van der Waals surface area (Å²) in [6, 6.07) is 4.27. The van der Waals surface area contributed by atoms with E-state index >= 15 is 0 Å². The molecule has 1 aromatic rings. The van der Waals surface area contributed by atoms with Crippen LogP contribution in [0.4, 0.5) is 0 Å². The second-order valence-electron chi connectivity index (χ2n) is 4.39. The lowest BCUT2D eigenvalue weighted by Gasteiger charge is -2.32. The maximum Gasteiger partial charge on any atom is 0.345 e. The van der Waals surface area contributed by atoms with Crippen LogP contribution >= 0.6 is 11.3 Å². The molecule has 1 saturated heterocycles. The highest BCUT2D eigenvalue weighted by Crippen LogP contribution is 2.23. The number of likely N-dealkylation sites (tertiary alicyclic amines) is 1. The van der Waals surface area contributed by atoms with Crippen LogP contribution in [0.1, 0.15) is 40.7 Å². The summed E-state index contributed by atoms with van der Waals surface area (Å²) in [6.07, 6.45) is 3.85. The molecule has 0 bridgehead atoms. The molecule has 2 heterocycles. The predicted molar refractivity (Wildman–Crippen MR) is 65.0 cm³/mol. The molecule has 88 valence electrons. The van der Waals surface area contributed by atoms with Gasteiger partial charge in [0.15, 0.2) is 0 Å². The average Bonchev–Trinajstić information content (AvgIpc) is 2.70. The van der Waals surface area contributed by atoms with Crippen LogP contribution in [-0.2, 0) is 6.54 Å². The summed E-state index contributed by atoms with van der Waals surface area (Å²) in [5.41, 5.74) is 0. The summed E-state index contributed by atoms with van der Waals surface area (Å²) in [7, 11) is 0. The summed E-state index contributed by atoms with van der Waals surface area (Å²) < 4.78 is 0. The standard InChI is InChI=1S/C12H17NO2S/c1-9-4-2-3-7-13(9)8-10-5-6-11(16-10)12(14)15/h5-6,9H,2-4,7-8H2,1H3,(H,14,15)/t9-/m1/s1. The molecule has 1 aliphatic rings. The number of carboxylic acids is 1. The Morgan fingerprint density at radius 2 is 2.38 bits per heavy atom. The van der Waals surface area contributed by atoms with E-state index in [-0.39, 0.29) is 0 Å². The van der Waals surface area contributed by atoms with Crippen LogP contribution in [-0.4, -0.2) is 28.6 Å². The molecule has 16 heavy (non-hydrogen) atoms. The minimum absolute atomic E-state index is 0.444. The molecule has 0 radical (unpaired) electrons. The Balaban J connectivity index is 1.99. The monoisotopic (exact) mass is 239 g/mol. The molecule has 0 aliphatic carbocycles. The van der Waals surface area contributed by atoms with Crippen LogP contribution in [0.3, 0.4) is 0 Å². The Kier molecular flexibility index (Phi) is 3.61. The summed E-state index contributed by atoms with van der Waals surface area (Å²) in [5.74, 6) is -0.817. The first-order valence-electron chi connectivity index (χ1n) is 5.73. The van der Waals surface area contributed by atoms with Crippen molar-refractivity contribution in [1.29, 1.82) is 0 Å². The van der Waals surface area contributed by atoms with Gasteiger partial charge in [0, 0.05) is 17.5 Å². The summed E-state index contributed by atoms with van der Waals surface area (Å²) in [5, 5.41) is 8.85. The van der Waals surface area contributed by atoms with Crippen LogP contribution < -0.4 is 0 Å². The van der Waals surface area contributed by atoms with Gasteiger partial charge in [0.1, 0.15) is 4.88 Å². The van der Waals surface area contributed by atoms with Crippen molar-refractivity contribution in [2.45, 2.75) is 38.8 Å². The lowest BCUT2D eigenvalue weighted by atomic mass is 10.0. The second kappa shape index (κ2) is 4.97. The van der Waals surface area contributed by atoms with Gasteiger partial charge in [-0.15, -0.1) is 11.3 Å². The normalized spacial score (nSPS) is 22.2. The van der Waals surface area contributed by atoms with Gasteiger partial charge < -0.3 is 5.11 Å². The maximum absolute atomic E-state index is 10.8. The number of piperidine rings is 1. The van der Waals surface area contributed by atoms with Crippen LogP contribution in [0.5, 0.6) is 0 Å². The Morgan fingerprint density at radius 3 is 3.00 bits per heavy atom. The molecule has 1 N–H and O–H groups in total. The van der Waals surface area contributed by atoms with E-state index in [4.69, 9.17) is 5.11 Å². The quantitative estimate of drug-likeness (QED) is 0.881. The SMILES string of the molecule is C[C@@H]1CCCCN1Cc1ccc(C(=O)O)s1. The highest BCUT2D eigenvalue weighted by Gasteiger charge is 2.19. The first kappa shape index (κ1) is 11.6. The number of carboxylic acid groups (broad SMARTS) is 1. The minimum Gasteiger partial charge on any atom is -0.477 e. The van der Waals surface area contributed by atoms with Crippen molar-refractivity contribution in [3.8, 4) is 0 Å². The van der Waals surface area contributed by atoms with E-state index in [0.29, 0.717) is 10.9 Å². The van der Waals surface area contributed by atoms with E-state index in [1.54, 1.807) is 6.07 Å². The van der Waals surface area contributed by atoms with E-state index in [1.807, 2.05) is 6.07 Å². The Morgan fingerprint density at radius 1 is 1.56 bits per heavy atom. The Hall–Kier alpha value is -0.870. The molecular formula is C12H17NO2S. The van der Waals surface area contributed by atoms with Crippen molar-refractivity contribution in [2.75, 3.05) is 6.54 Å². The molecule has 0 unspecified atom stereocenters. The van der Waals surface area contributed by atoms with E-state index in [0.717, 1.165) is 18.0 Å². The molecule has 1 aliphatic heterocycles. The number of nitrogens with zero attached hydrogens (tertiary/aromatic N) is 1. The molecule has 1 atom stereocenters. The highest BCUT2D eigenvalue weighted by molar-refractivity contribution is 7.13. The first-order valence-corrected chi connectivity index (χ1v) is 6.54. The third-order valence-corrected chi connectivity index (χ3v) is 4.23. The van der Waals surface area contributed by atoms with Crippen molar-refractivity contribution in [1.82, 2.24) is 4.90 Å². The Bertz CT molecular complexity index is 375. The lowest BCUT2D eigenvalue weighted by molar-refractivity contribution is 0.0702. The fourth-order valence-corrected chi connectivity index (χ4v) is 3.04. The van der Waals surface area contributed by atoms with E-state index < -0.39 is 5.97 Å². The third kappa shape index (κ3) is 2.62. The zero-order chi connectivity index (χ0) is 11.5. The first-order chi connectivity index (χ1) is 7.66. The Labute approximate surface area is 99.7 Å². The van der Waals surface area contributed by atoms with Crippen LogP contribution in [0, 0.1) is 0 Å². The van der Waals surface area contributed by atoms with Crippen molar-refractivity contribution in [2.24, 2.45) is 0 Å². The molecule has 4 heteroatoms. The largest absolute Gasteiger partial charge is 0.477 e. The molecule has 1 aromatic heterocycles. The number of aromatic carboxylic acids is 1. The van der Waals surface area contributed by atoms with Gasteiger partial charge in [0.25, 0.3) is 0 Å². The molecule has 2 rings (SSSR count). The summed E-state index contributed by atoms with van der Waals surface area (Å²) >= 11 is 1.40. The van der Waals surface area contributed by atoms with Crippen molar-refractivity contribution >= 4 is 17.3 Å². The van der Waals surface area contributed by atoms with Crippen molar-refractivity contribution in [3.05, 3.63) is 21.9 Å². The minimum atomic E-state index is -0.817. The number of thiophene rings is 1. The molecule has 3 nitrogen and oxygen atoms in total. The maximum atomic E-state index is 10.8. The number of hydrogen-bond donors (Lipinski definition) is 1. The van der Waals surface area contributed by atoms with E-state index in [9.17, 15) is 4.79 Å². The van der Waals surface area contributed by atoms with E-state index in [2.05, 4.69) is 11.8 Å². The van der Waals surface area contributed by atoms with E-state index in [1.165, 1.54) is 30.6 Å². The van der Waals surface area contributed by atoms with Gasteiger partial charge in [-0.3, -0.25) is 4.90 Å². The molecule has 0 amide bonds. The molecule has 0 spiro atoms. The number of rotatable bonds is 3. The molecule has 0 saturated carbocycles. The van der Waals surface area contributed by atoms with Gasteiger partial charge >= 0.3 is 5.97 Å². The highest BCUT2D eigenvalue weighted by atomic mass is 32.1. The smallest absolute Gasteiger partial charge is 0.345 e. The van der Waals surface area contributed by atoms with Crippen molar-refractivity contribution < 1.29 is 9.90 Å². The predicted octanol–water partition coefficient (Wildman–Crippen LogP) is 2.82. The third-order valence-electron chi connectivity index (χ3n) is 3.17. The number of carbonyl (C=O) groups is 1. The van der Waals surface area contributed by atoms with Gasteiger partial charge in [-0.1, -0.05) is 6.42 Å². The fraction of sp³-hybridized carbons (Fsp3) is 0.583. The summed E-state index contributed by atoms with van der Waals surface area (Å²) in [6.45, 7) is 4.30. The second-order valence-corrected chi connectivity index (χ2v) is 5.55. The fourth-order valence-electron chi connectivity index (χ4n) is 2.17. The average molecular weight is 239 g/mol. The number of hydrogen-bond acceptors (Lipinski definition) is 3. The molecule has 1 fully saturated rings. The van der Waals surface area contributed by atoms with Crippen molar-refractivity contribution in [3.63, 3.8) is 0 Å².